The normalized spacial score (nSPS) is 21.5. The molecule has 3 rings (SSSR count). The minimum absolute atomic E-state index is 0.00824. The van der Waals surface area contributed by atoms with Crippen LogP contribution in [-0.2, 0) is 23.8 Å². The highest BCUT2D eigenvalue weighted by atomic mass is 16.6. The summed E-state index contributed by atoms with van der Waals surface area (Å²) in [6.45, 7) is 4.80. The second-order valence-corrected chi connectivity index (χ2v) is 7.92. The van der Waals surface area contributed by atoms with Gasteiger partial charge in [0, 0.05) is 0 Å². The Labute approximate surface area is 184 Å². The fourth-order valence-corrected chi connectivity index (χ4v) is 3.41. The molecule has 1 fully saturated rings. The topological polar surface area (TPSA) is 66.4 Å². The van der Waals surface area contributed by atoms with Crippen LogP contribution in [0.4, 0.5) is 0 Å². The van der Waals surface area contributed by atoms with E-state index in [9.17, 15) is 4.79 Å². The lowest BCUT2D eigenvalue weighted by Gasteiger charge is -2.35. The predicted octanol–water partition coefficient (Wildman–Crippen LogP) is 4.61. The molecule has 1 heterocycles. The van der Waals surface area contributed by atoms with Crippen LogP contribution < -0.4 is 0 Å². The van der Waals surface area contributed by atoms with Crippen molar-refractivity contribution in [2.45, 2.75) is 44.8 Å². The van der Waals surface area contributed by atoms with Crippen LogP contribution in [0.25, 0.3) is 11.1 Å². The van der Waals surface area contributed by atoms with Gasteiger partial charge in [0.25, 0.3) is 0 Å². The van der Waals surface area contributed by atoms with Gasteiger partial charge < -0.3 is 19.0 Å². The quantitative estimate of drug-likeness (QED) is 0.254. The molecule has 0 saturated carbocycles. The fourth-order valence-electron chi connectivity index (χ4n) is 3.41. The van der Waals surface area contributed by atoms with Gasteiger partial charge in [0.1, 0.15) is 6.61 Å². The number of hydrogen-bond acceptors (Lipinski definition) is 6. The first-order valence-electron chi connectivity index (χ1n) is 10.7. The van der Waals surface area contributed by atoms with Crippen LogP contribution in [0, 0.1) is 0 Å². The highest BCUT2D eigenvalue weighted by Gasteiger charge is 2.40. The van der Waals surface area contributed by atoms with Crippen LogP contribution >= 0.6 is 0 Å². The Bertz CT molecular complexity index is 855. The van der Waals surface area contributed by atoms with Crippen molar-refractivity contribution >= 4 is 11.7 Å². The molecule has 166 valence electrons. The van der Waals surface area contributed by atoms with Gasteiger partial charge in [-0.1, -0.05) is 59.8 Å². The molecular weight excluding hydrogens is 394 g/mol. The summed E-state index contributed by atoms with van der Waals surface area (Å²) in [4.78, 5) is 17.2. The monoisotopic (exact) mass is 425 g/mol. The van der Waals surface area contributed by atoms with E-state index >= 15 is 0 Å². The molecule has 31 heavy (non-hydrogen) atoms. The van der Waals surface area contributed by atoms with Gasteiger partial charge in [0.15, 0.2) is 5.60 Å². The number of esters is 1. The largest absolute Gasteiger partial charge is 0.467 e. The molecule has 0 bridgehead atoms. The van der Waals surface area contributed by atoms with Gasteiger partial charge in [-0.2, -0.15) is 0 Å². The van der Waals surface area contributed by atoms with Crippen LogP contribution in [-0.4, -0.2) is 50.3 Å². The van der Waals surface area contributed by atoms with Gasteiger partial charge in [-0.05, 0) is 49.8 Å². The average molecular weight is 426 g/mol. The Morgan fingerprint density at radius 2 is 1.81 bits per heavy atom. The summed E-state index contributed by atoms with van der Waals surface area (Å²) in [7, 11) is 1.35. The molecule has 6 nitrogen and oxygen atoms in total. The number of rotatable bonds is 9. The lowest BCUT2D eigenvalue weighted by molar-refractivity contribution is -0.208. The lowest BCUT2D eigenvalue weighted by atomic mass is 10.0. The van der Waals surface area contributed by atoms with Crippen LogP contribution in [0.5, 0.6) is 0 Å². The lowest BCUT2D eigenvalue weighted by Crippen LogP contribution is -2.50. The molecule has 2 unspecified atom stereocenters. The standard InChI is InChI=1S/C25H31NO5/c1-19(20-12-14-22(15-13-20)21-9-5-4-6-10-21)26-31-16-8-7-11-23-17-30-25(2,18-29-23)24(27)28-3/h4-6,9-10,12-15,23H,7-8,11,16-18H2,1-3H3. The Hall–Kier alpha value is -2.70. The van der Waals surface area contributed by atoms with E-state index in [-0.39, 0.29) is 12.7 Å². The van der Waals surface area contributed by atoms with Crippen molar-refractivity contribution in [1.29, 1.82) is 0 Å². The van der Waals surface area contributed by atoms with Crippen molar-refractivity contribution in [3.05, 3.63) is 60.2 Å². The number of oxime groups is 1. The summed E-state index contributed by atoms with van der Waals surface area (Å²) in [6.07, 6.45) is 2.65. The van der Waals surface area contributed by atoms with E-state index < -0.39 is 11.6 Å². The van der Waals surface area contributed by atoms with E-state index in [4.69, 9.17) is 19.0 Å². The van der Waals surface area contributed by atoms with E-state index in [2.05, 4.69) is 41.6 Å². The third-order valence-corrected chi connectivity index (χ3v) is 5.42. The average Bonchev–Trinajstić information content (AvgIpc) is 2.82. The number of benzene rings is 2. The molecule has 6 heteroatoms. The first kappa shape index (κ1) is 23.0. The van der Waals surface area contributed by atoms with Crippen LogP contribution in [0.1, 0.15) is 38.7 Å². The zero-order valence-electron chi connectivity index (χ0n) is 18.5. The van der Waals surface area contributed by atoms with Gasteiger partial charge in [-0.25, -0.2) is 4.79 Å². The van der Waals surface area contributed by atoms with Crippen molar-refractivity contribution in [3.8, 4) is 11.1 Å². The van der Waals surface area contributed by atoms with Crippen molar-refractivity contribution in [2.24, 2.45) is 5.16 Å². The third-order valence-electron chi connectivity index (χ3n) is 5.42. The van der Waals surface area contributed by atoms with Gasteiger partial charge in [-0.3, -0.25) is 0 Å². The second kappa shape index (κ2) is 11.1. The van der Waals surface area contributed by atoms with E-state index in [0.29, 0.717) is 13.2 Å². The Kier molecular flexibility index (Phi) is 8.20. The van der Waals surface area contributed by atoms with Crippen LogP contribution in [0.2, 0.25) is 0 Å². The molecule has 2 aromatic carbocycles. The number of nitrogens with zero attached hydrogens (tertiary/aromatic N) is 1. The van der Waals surface area contributed by atoms with E-state index in [1.807, 2.05) is 25.1 Å². The molecule has 1 aliphatic rings. The van der Waals surface area contributed by atoms with E-state index in [1.165, 1.54) is 18.2 Å². The smallest absolute Gasteiger partial charge is 0.340 e. The zero-order chi connectivity index (χ0) is 22.1. The summed E-state index contributed by atoms with van der Waals surface area (Å²) in [5.41, 5.74) is 3.27. The summed E-state index contributed by atoms with van der Waals surface area (Å²) < 4.78 is 16.2. The summed E-state index contributed by atoms with van der Waals surface area (Å²) >= 11 is 0. The highest BCUT2D eigenvalue weighted by Crippen LogP contribution is 2.22. The molecular formula is C25H31NO5. The van der Waals surface area contributed by atoms with Gasteiger partial charge in [0.2, 0.25) is 0 Å². The third kappa shape index (κ3) is 6.39. The fraction of sp³-hybridized carbons (Fsp3) is 0.440. The Morgan fingerprint density at radius 1 is 1.10 bits per heavy atom. The maximum absolute atomic E-state index is 11.7. The summed E-state index contributed by atoms with van der Waals surface area (Å²) in [6, 6.07) is 18.6. The first-order chi connectivity index (χ1) is 15.0. The van der Waals surface area contributed by atoms with Gasteiger partial charge in [-0.15, -0.1) is 0 Å². The molecule has 0 aromatic heterocycles. The molecule has 1 aliphatic heterocycles. The first-order valence-corrected chi connectivity index (χ1v) is 10.7. The maximum atomic E-state index is 11.7. The van der Waals surface area contributed by atoms with Crippen LogP contribution in [0.15, 0.2) is 59.8 Å². The van der Waals surface area contributed by atoms with E-state index in [0.717, 1.165) is 30.5 Å². The van der Waals surface area contributed by atoms with Crippen molar-refractivity contribution in [3.63, 3.8) is 0 Å². The number of methoxy groups -OCH3 is 1. The molecule has 0 N–H and O–H groups in total. The highest BCUT2D eigenvalue weighted by molar-refractivity contribution is 5.98. The number of carbonyl (C=O) groups excluding carboxylic acids is 1. The zero-order valence-corrected chi connectivity index (χ0v) is 18.5. The number of ether oxygens (including phenoxy) is 3. The molecule has 0 aliphatic carbocycles. The van der Waals surface area contributed by atoms with Gasteiger partial charge >= 0.3 is 5.97 Å². The molecule has 0 radical (unpaired) electrons. The molecule has 1 saturated heterocycles. The van der Waals surface area contributed by atoms with Crippen molar-refractivity contribution < 1.29 is 23.8 Å². The number of hydrogen-bond donors (Lipinski definition) is 0. The Balaban J connectivity index is 1.34. The van der Waals surface area contributed by atoms with Gasteiger partial charge in [0.05, 0.1) is 32.1 Å². The van der Waals surface area contributed by atoms with Crippen molar-refractivity contribution in [2.75, 3.05) is 26.9 Å². The second-order valence-electron chi connectivity index (χ2n) is 7.92. The van der Waals surface area contributed by atoms with Crippen molar-refractivity contribution in [1.82, 2.24) is 0 Å². The molecule has 0 amide bonds. The number of unbranched alkanes of at least 4 members (excludes halogenated alkanes) is 1. The molecule has 2 aromatic rings. The SMILES string of the molecule is COC(=O)C1(C)COC(CCCCON=C(C)c2ccc(-c3ccccc3)cc2)CO1. The minimum atomic E-state index is -1.00. The Morgan fingerprint density at radius 3 is 2.45 bits per heavy atom. The summed E-state index contributed by atoms with van der Waals surface area (Å²) in [5, 5.41) is 4.24. The molecule has 2 atom stereocenters. The number of carbonyl (C=O) groups is 1. The predicted molar refractivity (Wildman–Crippen MR) is 120 cm³/mol. The molecule has 0 spiro atoms. The maximum Gasteiger partial charge on any atom is 0.340 e. The van der Waals surface area contributed by atoms with E-state index in [1.54, 1.807) is 6.92 Å². The minimum Gasteiger partial charge on any atom is -0.467 e. The van der Waals surface area contributed by atoms with Crippen LogP contribution in [0.3, 0.4) is 0 Å². The summed E-state index contributed by atoms with van der Waals surface area (Å²) in [5.74, 6) is -0.401.